The normalized spacial score (nSPS) is 11.5. The van der Waals surface area contributed by atoms with E-state index in [1.807, 2.05) is 42.7 Å². The molecule has 0 radical (unpaired) electrons. The van der Waals surface area contributed by atoms with Gasteiger partial charge in [-0.15, -0.1) is 0 Å². The van der Waals surface area contributed by atoms with Gasteiger partial charge in [-0.25, -0.2) is 18.2 Å². The van der Waals surface area contributed by atoms with E-state index in [0.717, 1.165) is 11.1 Å². The summed E-state index contributed by atoms with van der Waals surface area (Å²) in [5, 5.41) is 0. The summed E-state index contributed by atoms with van der Waals surface area (Å²) in [6.07, 6.45) is 0. The predicted octanol–water partition coefficient (Wildman–Crippen LogP) is 5.32. The Kier molecular flexibility index (Phi) is 6.43. The number of aryl methyl sites for hydroxylation is 3. The van der Waals surface area contributed by atoms with Gasteiger partial charge in [0.2, 0.25) is 0 Å². The van der Waals surface area contributed by atoms with Gasteiger partial charge in [0.05, 0.1) is 28.1 Å². The molecule has 1 N–H and O–H groups in total. The Morgan fingerprint density at radius 3 is 2.41 bits per heavy atom. The second-order valence-electron chi connectivity index (χ2n) is 8.06. The summed E-state index contributed by atoms with van der Waals surface area (Å²) >= 11 is 0. The maximum absolute atomic E-state index is 13.2. The van der Waals surface area contributed by atoms with Gasteiger partial charge in [0.1, 0.15) is 5.82 Å². The molecule has 4 aromatic rings. The number of esters is 1. The van der Waals surface area contributed by atoms with E-state index in [9.17, 15) is 13.2 Å². The number of ether oxygens (including phenoxy) is 1. The van der Waals surface area contributed by atoms with Crippen molar-refractivity contribution in [3.05, 3.63) is 77.4 Å². The Balaban J connectivity index is 1.77. The Labute approximate surface area is 199 Å². The first-order valence-corrected chi connectivity index (χ1v) is 12.6. The summed E-state index contributed by atoms with van der Waals surface area (Å²) in [5.41, 5.74) is 4.78. The molecule has 176 valence electrons. The number of imidazole rings is 1. The van der Waals surface area contributed by atoms with Crippen LogP contribution >= 0.6 is 0 Å². The van der Waals surface area contributed by atoms with Crippen molar-refractivity contribution in [2.24, 2.45) is 0 Å². The number of anilines is 1. The van der Waals surface area contributed by atoms with Crippen LogP contribution in [0.1, 0.15) is 35.3 Å². The number of hydrogen-bond acceptors (Lipinski definition) is 5. The van der Waals surface area contributed by atoms with Crippen LogP contribution < -0.4 is 4.72 Å². The molecule has 0 aliphatic rings. The van der Waals surface area contributed by atoms with E-state index >= 15 is 0 Å². The van der Waals surface area contributed by atoms with Crippen molar-refractivity contribution in [3.63, 3.8) is 0 Å². The van der Waals surface area contributed by atoms with Gasteiger partial charge in [-0.2, -0.15) is 0 Å². The fraction of sp³-hybridized carbons (Fsp3) is 0.231. The van der Waals surface area contributed by atoms with Gasteiger partial charge in [-0.1, -0.05) is 29.8 Å². The van der Waals surface area contributed by atoms with Crippen LogP contribution in [0.4, 0.5) is 5.69 Å². The van der Waals surface area contributed by atoms with Gasteiger partial charge < -0.3 is 9.30 Å². The Bertz CT molecular complexity index is 1470. The molecule has 4 rings (SSSR count). The molecule has 0 saturated heterocycles. The number of nitrogens with zero attached hydrogens (tertiary/aromatic N) is 2. The molecule has 8 heteroatoms. The van der Waals surface area contributed by atoms with Crippen molar-refractivity contribution < 1.29 is 17.9 Å². The number of sulfonamides is 1. The van der Waals surface area contributed by atoms with Crippen molar-refractivity contribution in [2.75, 3.05) is 11.3 Å². The van der Waals surface area contributed by atoms with E-state index in [0.29, 0.717) is 46.9 Å². The van der Waals surface area contributed by atoms with Crippen LogP contribution in [0.15, 0.2) is 65.6 Å². The highest BCUT2D eigenvalue weighted by molar-refractivity contribution is 7.92. The van der Waals surface area contributed by atoms with E-state index in [1.165, 1.54) is 0 Å². The fourth-order valence-corrected chi connectivity index (χ4v) is 5.20. The Morgan fingerprint density at radius 2 is 1.74 bits per heavy atom. The standard InChI is InChI=1S/C26H27N3O4S/c1-5-29-23-14-11-20(26(30)33-6-2)15-22(23)27-25(29)19-10-9-18(4)24(16-19)34(31,32)28-21-12-7-17(3)8-13-21/h7-16,28H,5-6H2,1-4H3. The first-order valence-electron chi connectivity index (χ1n) is 11.1. The first kappa shape index (κ1) is 23.5. The smallest absolute Gasteiger partial charge is 0.338 e. The van der Waals surface area contributed by atoms with Crippen molar-refractivity contribution in [3.8, 4) is 11.4 Å². The molecule has 3 aromatic carbocycles. The van der Waals surface area contributed by atoms with Crippen molar-refractivity contribution in [1.29, 1.82) is 0 Å². The molecule has 7 nitrogen and oxygen atoms in total. The lowest BCUT2D eigenvalue weighted by molar-refractivity contribution is 0.0526. The van der Waals surface area contributed by atoms with Gasteiger partial charge in [-0.3, -0.25) is 4.72 Å². The maximum Gasteiger partial charge on any atom is 0.338 e. The van der Waals surface area contributed by atoms with Crippen molar-refractivity contribution in [1.82, 2.24) is 9.55 Å². The lowest BCUT2D eigenvalue weighted by atomic mass is 10.1. The number of aromatic nitrogens is 2. The minimum absolute atomic E-state index is 0.187. The number of carbonyl (C=O) groups is 1. The topological polar surface area (TPSA) is 90.3 Å². The van der Waals surface area contributed by atoms with Gasteiger partial charge in [0, 0.05) is 17.8 Å². The number of carbonyl (C=O) groups excluding carboxylic acids is 1. The monoisotopic (exact) mass is 477 g/mol. The van der Waals surface area contributed by atoms with Crippen molar-refractivity contribution >= 4 is 32.7 Å². The van der Waals surface area contributed by atoms with E-state index < -0.39 is 16.0 Å². The zero-order valence-corrected chi connectivity index (χ0v) is 20.4. The Morgan fingerprint density at radius 1 is 1.00 bits per heavy atom. The molecule has 0 aliphatic heterocycles. The molecule has 0 spiro atoms. The van der Waals surface area contributed by atoms with Crippen LogP contribution in [0, 0.1) is 13.8 Å². The van der Waals surface area contributed by atoms with E-state index in [-0.39, 0.29) is 4.90 Å². The third-order valence-corrected chi connectivity index (χ3v) is 7.14. The highest BCUT2D eigenvalue weighted by Crippen LogP contribution is 2.29. The zero-order valence-electron chi connectivity index (χ0n) is 19.6. The quantitative estimate of drug-likeness (QED) is 0.364. The van der Waals surface area contributed by atoms with Crippen LogP contribution in [-0.2, 0) is 21.3 Å². The summed E-state index contributed by atoms with van der Waals surface area (Å²) in [5.74, 6) is 0.230. The van der Waals surface area contributed by atoms with E-state index in [4.69, 9.17) is 9.72 Å². The molecule has 1 heterocycles. The molecule has 0 fully saturated rings. The summed E-state index contributed by atoms with van der Waals surface area (Å²) in [6.45, 7) is 8.39. The second kappa shape index (κ2) is 9.30. The molecule has 0 atom stereocenters. The van der Waals surface area contributed by atoms with Crippen LogP contribution in [0.25, 0.3) is 22.4 Å². The minimum atomic E-state index is -3.81. The van der Waals surface area contributed by atoms with Gasteiger partial charge in [0.15, 0.2) is 0 Å². The lowest BCUT2D eigenvalue weighted by Gasteiger charge is -2.13. The Hall–Kier alpha value is -3.65. The largest absolute Gasteiger partial charge is 0.462 e. The van der Waals surface area contributed by atoms with Crippen LogP contribution in [-0.4, -0.2) is 30.5 Å². The van der Waals surface area contributed by atoms with E-state index in [1.54, 1.807) is 50.2 Å². The molecule has 0 saturated carbocycles. The number of hydrogen-bond donors (Lipinski definition) is 1. The fourth-order valence-electron chi connectivity index (χ4n) is 3.87. The minimum Gasteiger partial charge on any atom is -0.462 e. The zero-order chi connectivity index (χ0) is 24.5. The average molecular weight is 478 g/mol. The summed E-state index contributed by atoms with van der Waals surface area (Å²) in [6, 6.07) is 17.7. The molecule has 0 aliphatic carbocycles. The van der Waals surface area contributed by atoms with Gasteiger partial charge >= 0.3 is 5.97 Å². The summed E-state index contributed by atoms with van der Waals surface area (Å²) < 4.78 is 36.2. The lowest BCUT2D eigenvalue weighted by Crippen LogP contribution is -2.14. The molecular formula is C26H27N3O4S. The maximum atomic E-state index is 13.2. The summed E-state index contributed by atoms with van der Waals surface area (Å²) in [4.78, 5) is 17.1. The number of benzene rings is 3. The molecule has 1 aromatic heterocycles. The summed E-state index contributed by atoms with van der Waals surface area (Å²) in [7, 11) is -3.81. The highest BCUT2D eigenvalue weighted by Gasteiger charge is 2.21. The molecule has 0 bridgehead atoms. The highest BCUT2D eigenvalue weighted by atomic mass is 32.2. The average Bonchev–Trinajstić information content (AvgIpc) is 3.18. The molecule has 0 unspecified atom stereocenters. The third kappa shape index (κ3) is 4.54. The van der Waals surface area contributed by atoms with E-state index in [2.05, 4.69) is 4.72 Å². The number of rotatable bonds is 7. The first-order chi connectivity index (χ1) is 16.2. The second-order valence-corrected chi connectivity index (χ2v) is 9.71. The predicted molar refractivity (Wildman–Crippen MR) is 134 cm³/mol. The van der Waals surface area contributed by atoms with Crippen LogP contribution in [0.3, 0.4) is 0 Å². The number of fused-ring (bicyclic) bond motifs is 1. The van der Waals surface area contributed by atoms with Crippen LogP contribution in [0.5, 0.6) is 0 Å². The van der Waals surface area contributed by atoms with Gasteiger partial charge in [0.25, 0.3) is 10.0 Å². The number of nitrogens with one attached hydrogen (secondary N) is 1. The molecular weight excluding hydrogens is 450 g/mol. The molecule has 34 heavy (non-hydrogen) atoms. The van der Waals surface area contributed by atoms with Crippen LogP contribution in [0.2, 0.25) is 0 Å². The molecule has 0 amide bonds. The SMILES string of the molecule is CCOC(=O)c1ccc2c(c1)nc(-c1ccc(C)c(S(=O)(=O)Nc3ccc(C)cc3)c1)n2CC. The van der Waals surface area contributed by atoms with Crippen molar-refractivity contribution in [2.45, 2.75) is 39.1 Å². The van der Waals surface area contributed by atoms with Gasteiger partial charge in [-0.05, 0) is 69.7 Å². The third-order valence-electron chi connectivity index (χ3n) is 5.62.